The minimum absolute atomic E-state index is 0.0228. The van der Waals surface area contributed by atoms with E-state index in [9.17, 15) is 4.79 Å². The van der Waals surface area contributed by atoms with Gasteiger partial charge >= 0.3 is 6.03 Å². The molecule has 0 atom stereocenters. The highest BCUT2D eigenvalue weighted by Gasteiger charge is 2.20. The Bertz CT molecular complexity index is 553. The SMILES string of the molecule is O=C1NCCN1c1ccc(NCc2cncs2)cc1. The van der Waals surface area contributed by atoms with Crippen LogP contribution >= 0.6 is 11.3 Å². The van der Waals surface area contributed by atoms with Crippen molar-refractivity contribution in [1.29, 1.82) is 0 Å². The number of nitrogens with one attached hydrogen (secondary N) is 2. The molecule has 1 aromatic heterocycles. The molecule has 0 spiro atoms. The topological polar surface area (TPSA) is 57.3 Å². The van der Waals surface area contributed by atoms with Crippen molar-refractivity contribution in [3.8, 4) is 0 Å². The smallest absolute Gasteiger partial charge is 0.321 e. The van der Waals surface area contributed by atoms with Gasteiger partial charge in [-0.1, -0.05) is 0 Å². The fraction of sp³-hybridized carbons (Fsp3) is 0.231. The van der Waals surface area contributed by atoms with Gasteiger partial charge in [-0.2, -0.15) is 0 Å². The second-order valence-corrected chi connectivity index (χ2v) is 5.22. The zero-order chi connectivity index (χ0) is 13.1. The van der Waals surface area contributed by atoms with Crippen LogP contribution in [0, 0.1) is 0 Å². The predicted octanol–water partition coefficient (Wildman–Crippen LogP) is 2.28. The third kappa shape index (κ3) is 2.68. The van der Waals surface area contributed by atoms with E-state index in [4.69, 9.17) is 0 Å². The van der Waals surface area contributed by atoms with Gasteiger partial charge in [0.1, 0.15) is 0 Å². The van der Waals surface area contributed by atoms with Crippen LogP contribution < -0.4 is 15.5 Å². The van der Waals surface area contributed by atoms with E-state index in [0.717, 1.165) is 24.5 Å². The third-order valence-corrected chi connectivity index (χ3v) is 3.77. The molecular weight excluding hydrogens is 260 g/mol. The average molecular weight is 274 g/mol. The number of rotatable bonds is 4. The first kappa shape index (κ1) is 12.0. The zero-order valence-electron chi connectivity index (χ0n) is 10.3. The predicted molar refractivity (Wildman–Crippen MR) is 76.6 cm³/mol. The van der Waals surface area contributed by atoms with Crippen LogP contribution in [0.15, 0.2) is 36.0 Å². The summed E-state index contributed by atoms with van der Waals surface area (Å²) in [6.45, 7) is 2.21. The molecule has 2 heterocycles. The second kappa shape index (κ2) is 5.27. The van der Waals surface area contributed by atoms with Gasteiger partial charge < -0.3 is 10.6 Å². The van der Waals surface area contributed by atoms with Crippen molar-refractivity contribution >= 4 is 28.7 Å². The summed E-state index contributed by atoms with van der Waals surface area (Å²) in [4.78, 5) is 18.5. The molecule has 0 radical (unpaired) electrons. The highest BCUT2D eigenvalue weighted by molar-refractivity contribution is 7.09. The van der Waals surface area contributed by atoms with E-state index in [1.807, 2.05) is 36.0 Å². The van der Waals surface area contributed by atoms with Gasteiger partial charge in [0.15, 0.2) is 0 Å². The molecule has 0 aliphatic carbocycles. The van der Waals surface area contributed by atoms with Crippen LogP contribution in [0.4, 0.5) is 16.2 Å². The highest BCUT2D eigenvalue weighted by Crippen LogP contribution is 2.20. The number of amides is 2. The molecule has 5 nitrogen and oxygen atoms in total. The number of carbonyl (C=O) groups is 1. The van der Waals surface area contributed by atoms with Gasteiger partial charge in [0, 0.05) is 35.5 Å². The average Bonchev–Trinajstić information content (AvgIpc) is 3.08. The summed E-state index contributed by atoms with van der Waals surface area (Å²) in [5, 5.41) is 6.12. The molecular formula is C13H14N4OS. The Hall–Kier alpha value is -2.08. The molecule has 0 bridgehead atoms. The Morgan fingerprint density at radius 1 is 1.37 bits per heavy atom. The van der Waals surface area contributed by atoms with Gasteiger partial charge in [0.25, 0.3) is 0 Å². The minimum atomic E-state index is -0.0228. The quantitative estimate of drug-likeness (QED) is 0.899. The van der Waals surface area contributed by atoms with Crippen LogP contribution in [0.2, 0.25) is 0 Å². The Morgan fingerprint density at radius 3 is 2.84 bits per heavy atom. The monoisotopic (exact) mass is 274 g/mol. The van der Waals surface area contributed by atoms with Crippen molar-refractivity contribution in [2.45, 2.75) is 6.54 Å². The molecule has 2 N–H and O–H groups in total. The lowest BCUT2D eigenvalue weighted by molar-refractivity contribution is 0.252. The first-order chi connectivity index (χ1) is 9.33. The van der Waals surface area contributed by atoms with Crippen molar-refractivity contribution in [3.05, 3.63) is 40.8 Å². The number of nitrogens with zero attached hydrogens (tertiary/aromatic N) is 2. The first-order valence-electron chi connectivity index (χ1n) is 6.09. The van der Waals surface area contributed by atoms with E-state index in [-0.39, 0.29) is 6.03 Å². The molecule has 1 aliphatic heterocycles. The summed E-state index contributed by atoms with van der Waals surface area (Å²) in [5.74, 6) is 0. The molecule has 2 aromatic rings. The molecule has 1 fully saturated rings. The highest BCUT2D eigenvalue weighted by atomic mass is 32.1. The van der Waals surface area contributed by atoms with Gasteiger partial charge in [-0.15, -0.1) is 11.3 Å². The van der Waals surface area contributed by atoms with E-state index >= 15 is 0 Å². The first-order valence-corrected chi connectivity index (χ1v) is 6.97. The lowest BCUT2D eigenvalue weighted by atomic mass is 10.2. The standard InChI is InChI=1S/C13H14N4OS/c18-13-15-5-6-17(13)11-3-1-10(2-4-11)16-8-12-7-14-9-19-12/h1-4,7,9,16H,5-6,8H2,(H,15,18). The van der Waals surface area contributed by atoms with Crippen molar-refractivity contribution < 1.29 is 4.79 Å². The van der Waals surface area contributed by atoms with Gasteiger partial charge in [-0.3, -0.25) is 9.88 Å². The molecule has 1 saturated heterocycles. The van der Waals surface area contributed by atoms with E-state index in [0.29, 0.717) is 6.54 Å². The molecule has 3 rings (SSSR count). The lowest BCUT2D eigenvalue weighted by Crippen LogP contribution is -2.27. The van der Waals surface area contributed by atoms with Crippen LogP contribution in [0.25, 0.3) is 0 Å². The van der Waals surface area contributed by atoms with Gasteiger partial charge in [0.05, 0.1) is 12.1 Å². The summed E-state index contributed by atoms with van der Waals surface area (Å²) in [5.41, 5.74) is 3.79. The molecule has 98 valence electrons. The largest absolute Gasteiger partial charge is 0.380 e. The van der Waals surface area contributed by atoms with Crippen LogP contribution in [0.1, 0.15) is 4.88 Å². The molecule has 19 heavy (non-hydrogen) atoms. The molecule has 1 aliphatic rings. The molecule has 6 heteroatoms. The number of aromatic nitrogens is 1. The molecule has 0 unspecified atom stereocenters. The molecule has 1 aromatic carbocycles. The van der Waals surface area contributed by atoms with E-state index in [2.05, 4.69) is 15.6 Å². The van der Waals surface area contributed by atoms with Gasteiger partial charge in [-0.25, -0.2) is 4.79 Å². The Kier molecular flexibility index (Phi) is 3.33. The Morgan fingerprint density at radius 2 is 2.21 bits per heavy atom. The van der Waals surface area contributed by atoms with E-state index < -0.39 is 0 Å². The number of urea groups is 1. The Balaban J connectivity index is 1.64. The van der Waals surface area contributed by atoms with Crippen molar-refractivity contribution in [2.75, 3.05) is 23.3 Å². The number of benzene rings is 1. The van der Waals surface area contributed by atoms with Crippen molar-refractivity contribution in [2.24, 2.45) is 0 Å². The van der Waals surface area contributed by atoms with Crippen LogP contribution in [0.3, 0.4) is 0 Å². The lowest BCUT2D eigenvalue weighted by Gasteiger charge is -2.14. The van der Waals surface area contributed by atoms with Crippen LogP contribution in [-0.4, -0.2) is 24.1 Å². The summed E-state index contributed by atoms with van der Waals surface area (Å²) >= 11 is 1.63. The summed E-state index contributed by atoms with van der Waals surface area (Å²) < 4.78 is 0. The number of anilines is 2. The summed E-state index contributed by atoms with van der Waals surface area (Å²) in [6, 6.07) is 7.87. The molecule has 0 saturated carbocycles. The summed E-state index contributed by atoms with van der Waals surface area (Å²) in [6.07, 6.45) is 1.86. The van der Waals surface area contributed by atoms with Crippen LogP contribution in [-0.2, 0) is 6.54 Å². The van der Waals surface area contributed by atoms with Crippen molar-refractivity contribution in [3.63, 3.8) is 0 Å². The van der Waals surface area contributed by atoms with E-state index in [1.165, 1.54) is 4.88 Å². The minimum Gasteiger partial charge on any atom is -0.380 e. The number of thiazole rings is 1. The maximum atomic E-state index is 11.5. The normalized spacial score (nSPS) is 14.5. The maximum Gasteiger partial charge on any atom is 0.321 e. The summed E-state index contributed by atoms with van der Waals surface area (Å²) in [7, 11) is 0. The number of hydrogen-bond donors (Lipinski definition) is 2. The molecule has 2 amide bonds. The van der Waals surface area contributed by atoms with Crippen molar-refractivity contribution in [1.82, 2.24) is 10.3 Å². The fourth-order valence-corrected chi connectivity index (χ4v) is 2.53. The van der Waals surface area contributed by atoms with E-state index in [1.54, 1.807) is 16.2 Å². The number of hydrogen-bond acceptors (Lipinski definition) is 4. The van der Waals surface area contributed by atoms with Gasteiger partial charge in [0.2, 0.25) is 0 Å². The van der Waals surface area contributed by atoms with Gasteiger partial charge in [-0.05, 0) is 24.3 Å². The van der Waals surface area contributed by atoms with Crippen LogP contribution in [0.5, 0.6) is 0 Å². The second-order valence-electron chi connectivity index (χ2n) is 4.25. The number of carbonyl (C=O) groups excluding carboxylic acids is 1. The fourth-order valence-electron chi connectivity index (χ4n) is 2.00. The maximum absolute atomic E-state index is 11.5. The third-order valence-electron chi connectivity index (χ3n) is 2.99. The zero-order valence-corrected chi connectivity index (χ0v) is 11.1. The Labute approximate surface area is 115 Å².